The lowest BCUT2D eigenvalue weighted by atomic mass is 10.0. The van der Waals surface area contributed by atoms with E-state index >= 15 is 0 Å². The predicted octanol–water partition coefficient (Wildman–Crippen LogP) is 5.43. The Labute approximate surface area is 201 Å². The van der Waals surface area contributed by atoms with E-state index in [0.29, 0.717) is 0 Å². The molecule has 0 radical (unpaired) electrons. The van der Waals surface area contributed by atoms with Gasteiger partial charge in [-0.1, -0.05) is 54.6 Å². The van der Waals surface area contributed by atoms with Gasteiger partial charge in [-0.2, -0.15) is 10.1 Å². The van der Waals surface area contributed by atoms with Crippen LogP contribution in [0.25, 0.3) is 20.7 Å². The van der Waals surface area contributed by atoms with Crippen LogP contribution in [0, 0.1) is 6.92 Å². The number of hydrogen-bond acceptors (Lipinski definition) is 7. The highest BCUT2D eigenvalue weighted by molar-refractivity contribution is 7.22. The molecule has 6 rings (SSSR count). The van der Waals surface area contributed by atoms with E-state index in [-0.39, 0.29) is 12.0 Å². The molecule has 1 aliphatic heterocycles. The molecule has 2 aromatic carbocycles. The number of aromatic nitrogens is 4. The van der Waals surface area contributed by atoms with Crippen molar-refractivity contribution in [3.63, 3.8) is 0 Å². The molecular formula is C26H23N7S. The van der Waals surface area contributed by atoms with Crippen molar-refractivity contribution in [2.45, 2.75) is 25.9 Å². The van der Waals surface area contributed by atoms with Crippen LogP contribution >= 0.6 is 11.3 Å². The van der Waals surface area contributed by atoms with Crippen LogP contribution < -0.4 is 10.7 Å². The number of anilines is 2. The van der Waals surface area contributed by atoms with Crippen LogP contribution in [0.5, 0.6) is 0 Å². The van der Waals surface area contributed by atoms with Gasteiger partial charge in [-0.15, -0.1) is 11.3 Å². The second-order valence-electron chi connectivity index (χ2n) is 8.42. The number of hydrazone groups is 1. The number of aryl methyl sites for hydroxylation is 1. The summed E-state index contributed by atoms with van der Waals surface area (Å²) in [6.45, 7) is 2.80. The van der Waals surface area contributed by atoms with Crippen molar-refractivity contribution in [2.75, 3.05) is 10.7 Å². The first-order valence-electron chi connectivity index (χ1n) is 11.2. The Hall–Kier alpha value is -4.04. The maximum absolute atomic E-state index is 6.12. The van der Waals surface area contributed by atoms with E-state index in [1.54, 1.807) is 11.3 Å². The average Bonchev–Trinajstić information content (AvgIpc) is 3.59. The molecule has 8 heteroatoms. The molecule has 0 saturated carbocycles. The van der Waals surface area contributed by atoms with Gasteiger partial charge in [0.1, 0.15) is 0 Å². The summed E-state index contributed by atoms with van der Waals surface area (Å²) >= 11 is 1.67. The fourth-order valence-corrected chi connectivity index (χ4v) is 5.43. The molecule has 1 atom stereocenters. The molecule has 2 N–H and O–H groups in total. The maximum Gasteiger partial charge on any atom is 0.222 e. The minimum Gasteiger partial charge on any atom is -0.368 e. The van der Waals surface area contributed by atoms with Gasteiger partial charge in [0.15, 0.2) is 5.82 Å². The summed E-state index contributed by atoms with van der Waals surface area (Å²) in [7, 11) is 0. The molecule has 1 unspecified atom stereocenters. The number of nitrogen functional groups attached to an aromatic ring is 1. The third kappa shape index (κ3) is 3.82. The molecule has 168 valence electrons. The number of nitrogens with zero attached hydrogens (tertiary/aromatic N) is 6. The Bertz CT molecular complexity index is 1490. The smallest absolute Gasteiger partial charge is 0.222 e. The van der Waals surface area contributed by atoms with Crippen molar-refractivity contribution in [2.24, 2.45) is 5.10 Å². The van der Waals surface area contributed by atoms with Crippen molar-refractivity contribution >= 4 is 39.5 Å². The highest BCUT2D eigenvalue weighted by Gasteiger charge is 2.28. The van der Waals surface area contributed by atoms with Crippen LogP contribution in [0.2, 0.25) is 0 Å². The third-order valence-electron chi connectivity index (χ3n) is 5.97. The van der Waals surface area contributed by atoms with E-state index < -0.39 is 0 Å². The number of benzene rings is 2. The lowest BCUT2D eigenvalue weighted by molar-refractivity contribution is 0.703. The topological polar surface area (TPSA) is 85.2 Å². The third-order valence-corrected chi connectivity index (χ3v) is 7.14. The molecule has 5 aromatic rings. The molecule has 4 heterocycles. The zero-order valence-electron chi connectivity index (χ0n) is 18.7. The number of nitrogens with two attached hydrogens (primary N) is 1. The fraction of sp³-hybridized carbons (Fsp3) is 0.154. The first kappa shape index (κ1) is 20.6. The summed E-state index contributed by atoms with van der Waals surface area (Å²) < 4.78 is 3.08. The molecule has 0 saturated heterocycles. The molecule has 0 spiro atoms. The van der Waals surface area contributed by atoms with Gasteiger partial charge in [0.05, 0.1) is 28.3 Å². The van der Waals surface area contributed by atoms with Gasteiger partial charge >= 0.3 is 0 Å². The zero-order valence-corrected chi connectivity index (χ0v) is 19.5. The van der Waals surface area contributed by atoms with Gasteiger partial charge in [0.25, 0.3) is 0 Å². The highest BCUT2D eigenvalue weighted by atomic mass is 32.1. The number of fused-ring (bicyclic) bond motifs is 1. The minimum atomic E-state index is 0.0929. The number of imidazole rings is 1. The molecule has 1 aliphatic rings. The summed E-state index contributed by atoms with van der Waals surface area (Å²) in [5.74, 6) is 1.01. The quantitative estimate of drug-likeness (QED) is 0.374. The molecule has 0 bridgehead atoms. The first-order chi connectivity index (χ1) is 16.6. The van der Waals surface area contributed by atoms with Gasteiger partial charge in [-0.05, 0) is 29.7 Å². The highest BCUT2D eigenvalue weighted by Crippen LogP contribution is 2.41. The Morgan fingerprint density at radius 3 is 2.65 bits per heavy atom. The lowest BCUT2D eigenvalue weighted by Gasteiger charge is -2.23. The van der Waals surface area contributed by atoms with Gasteiger partial charge in [0.2, 0.25) is 5.95 Å². The van der Waals surface area contributed by atoms with Crippen molar-refractivity contribution in [3.05, 3.63) is 90.0 Å². The second-order valence-corrected chi connectivity index (χ2v) is 9.47. The fourth-order valence-electron chi connectivity index (χ4n) is 4.34. The normalized spacial score (nSPS) is 15.4. The molecule has 7 nitrogen and oxygen atoms in total. The van der Waals surface area contributed by atoms with E-state index in [2.05, 4.69) is 79.2 Å². The van der Waals surface area contributed by atoms with E-state index in [1.165, 1.54) is 11.1 Å². The van der Waals surface area contributed by atoms with Crippen LogP contribution in [-0.2, 0) is 6.54 Å². The Morgan fingerprint density at radius 2 is 1.88 bits per heavy atom. The van der Waals surface area contributed by atoms with Gasteiger partial charge in [0, 0.05) is 30.3 Å². The zero-order chi connectivity index (χ0) is 23.1. The van der Waals surface area contributed by atoms with E-state index in [0.717, 1.165) is 45.1 Å². The Kier molecular flexibility index (Phi) is 5.07. The van der Waals surface area contributed by atoms with Gasteiger partial charge in [-0.3, -0.25) is 0 Å². The van der Waals surface area contributed by atoms with Crippen LogP contribution in [-0.4, -0.2) is 25.7 Å². The first-order valence-corrected chi connectivity index (χ1v) is 12.0. The Balaban J connectivity index is 1.34. The van der Waals surface area contributed by atoms with Crippen LogP contribution in [0.3, 0.4) is 0 Å². The number of hydrogen-bond donors (Lipinski definition) is 1. The minimum absolute atomic E-state index is 0.0929. The predicted molar refractivity (Wildman–Crippen MR) is 138 cm³/mol. The van der Waals surface area contributed by atoms with Gasteiger partial charge in [-0.25, -0.2) is 15.0 Å². The summed E-state index contributed by atoms with van der Waals surface area (Å²) in [5, 5.41) is 6.63. The van der Waals surface area contributed by atoms with Crippen molar-refractivity contribution in [1.29, 1.82) is 0 Å². The summed E-state index contributed by atoms with van der Waals surface area (Å²) in [5.41, 5.74) is 11.5. The monoisotopic (exact) mass is 465 g/mol. The van der Waals surface area contributed by atoms with Crippen LogP contribution in [0.1, 0.15) is 29.3 Å². The summed E-state index contributed by atoms with van der Waals surface area (Å²) in [4.78, 5) is 14.6. The van der Waals surface area contributed by atoms with Crippen LogP contribution in [0.4, 0.5) is 11.8 Å². The molecule has 0 fully saturated rings. The van der Waals surface area contributed by atoms with Crippen LogP contribution in [0.15, 0.2) is 78.3 Å². The number of thiophene rings is 1. The summed E-state index contributed by atoms with van der Waals surface area (Å²) in [6, 6.07) is 21.2. The lowest BCUT2D eigenvalue weighted by Crippen LogP contribution is -2.20. The maximum atomic E-state index is 6.12. The van der Waals surface area contributed by atoms with Gasteiger partial charge < -0.3 is 10.3 Å². The standard InChI is InChI=1S/C26H23N7S/c1-17-14-32(16-28-17)15-18-7-9-20(10-8-18)23-13-21-24(34-23)25(31-26(27)30-21)33-22(11-12-29-33)19-5-3-2-4-6-19/h2-10,12-14,16,22H,11,15H2,1H3,(H2,27,30,31). The summed E-state index contributed by atoms with van der Waals surface area (Å²) in [6.07, 6.45) is 6.68. The van der Waals surface area contributed by atoms with Crippen molar-refractivity contribution in [3.8, 4) is 10.4 Å². The molecule has 0 amide bonds. The molecule has 34 heavy (non-hydrogen) atoms. The SMILES string of the molecule is Cc1cn(Cc2ccc(-c3cc4nc(N)nc(N5N=CCC5c5ccccc5)c4s3)cc2)cn1. The molecule has 3 aromatic heterocycles. The second kappa shape index (κ2) is 8.39. The van der Waals surface area contributed by atoms with E-state index in [4.69, 9.17) is 5.73 Å². The molecule has 0 aliphatic carbocycles. The number of rotatable bonds is 5. The van der Waals surface area contributed by atoms with Crippen molar-refractivity contribution < 1.29 is 0 Å². The average molecular weight is 466 g/mol. The Morgan fingerprint density at radius 1 is 1.06 bits per heavy atom. The molecular weight excluding hydrogens is 442 g/mol. The van der Waals surface area contributed by atoms with E-state index in [1.807, 2.05) is 36.7 Å². The van der Waals surface area contributed by atoms with E-state index in [9.17, 15) is 0 Å². The van der Waals surface area contributed by atoms with Crippen molar-refractivity contribution in [1.82, 2.24) is 19.5 Å². The largest absolute Gasteiger partial charge is 0.368 e.